The fourth-order valence-corrected chi connectivity index (χ4v) is 0.630. The Morgan fingerprint density at radius 1 is 1.33 bits per heavy atom. The molecule has 3 N–H and O–H groups in total. The SMILES string of the molecule is CCOC(=O)NNC(=O)NC(C)N(C)C. The minimum atomic E-state index is -0.690. The van der Waals surface area contributed by atoms with E-state index in [2.05, 4.69) is 20.9 Å². The number of urea groups is 1. The average molecular weight is 218 g/mol. The van der Waals surface area contributed by atoms with Gasteiger partial charge in [-0.3, -0.25) is 4.90 Å². The average Bonchev–Trinajstić information content (AvgIpc) is 2.15. The van der Waals surface area contributed by atoms with Crippen molar-refractivity contribution in [2.45, 2.75) is 20.0 Å². The highest BCUT2D eigenvalue weighted by atomic mass is 16.6. The number of hydrogen-bond donors (Lipinski definition) is 3. The maximum Gasteiger partial charge on any atom is 0.426 e. The van der Waals surface area contributed by atoms with Gasteiger partial charge in [-0.15, -0.1) is 0 Å². The number of amides is 3. The first-order valence-corrected chi connectivity index (χ1v) is 4.63. The molecule has 0 heterocycles. The Hall–Kier alpha value is -1.50. The summed E-state index contributed by atoms with van der Waals surface area (Å²) in [4.78, 5) is 23.7. The number of carbonyl (C=O) groups is 2. The fraction of sp³-hybridized carbons (Fsp3) is 0.750. The predicted octanol–water partition coefficient (Wildman–Crippen LogP) is -0.146. The van der Waals surface area contributed by atoms with E-state index in [0.29, 0.717) is 0 Å². The van der Waals surface area contributed by atoms with Gasteiger partial charge < -0.3 is 10.1 Å². The molecule has 0 aliphatic heterocycles. The second kappa shape index (κ2) is 6.88. The summed E-state index contributed by atoms with van der Waals surface area (Å²) in [5.41, 5.74) is 4.24. The summed E-state index contributed by atoms with van der Waals surface area (Å²) in [6.45, 7) is 3.74. The van der Waals surface area contributed by atoms with Gasteiger partial charge in [0.05, 0.1) is 12.8 Å². The van der Waals surface area contributed by atoms with Gasteiger partial charge in [0.1, 0.15) is 0 Å². The van der Waals surface area contributed by atoms with Crippen LogP contribution in [0.3, 0.4) is 0 Å². The Bertz CT molecular complexity index is 220. The van der Waals surface area contributed by atoms with Crippen molar-refractivity contribution in [2.24, 2.45) is 0 Å². The molecule has 0 saturated heterocycles. The van der Waals surface area contributed by atoms with Crippen molar-refractivity contribution in [1.29, 1.82) is 0 Å². The third-order valence-corrected chi connectivity index (χ3v) is 1.67. The molecule has 7 heteroatoms. The van der Waals surface area contributed by atoms with Crippen molar-refractivity contribution in [2.75, 3.05) is 20.7 Å². The smallest absolute Gasteiger partial charge is 0.426 e. The lowest BCUT2D eigenvalue weighted by Gasteiger charge is -2.21. The molecule has 0 spiro atoms. The van der Waals surface area contributed by atoms with Crippen LogP contribution in [-0.2, 0) is 4.74 Å². The van der Waals surface area contributed by atoms with E-state index >= 15 is 0 Å². The van der Waals surface area contributed by atoms with Gasteiger partial charge in [0.15, 0.2) is 0 Å². The Balaban J connectivity index is 3.70. The van der Waals surface area contributed by atoms with Crippen molar-refractivity contribution in [3.8, 4) is 0 Å². The number of nitrogens with zero attached hydrogens (tertiary/aromatic N) is 1. The summed E-state index contributed by atoms with van der Waals surface area (Å²) in [7, 11) is 3.65. The van der Waals surface area contributed by atoms with Crippen molar-refractivity contribution >= 4 is 12.1 Å². The molecule has 1 atom stereocenters. The summed E-state index contributed by atoms with van der Waals surface area (Å²) in [5, 5.41) is 2.58. The molecule has 0 aliphatic carbocycles. The zero-order chi connectivity index (χ0) is 11.8. The standard InChI is InChI=1S/C8H18N4O3/c1-5-15-8(14)11-10-7(13)9-6(2)12(3)4/h6H,5H2,1-4H3,(H,11,14)(H2,9,10,13). The summed E-state index contributed by atoms with van der Waals surface area (Å²) < 4.78 is 4.54. The maximum absolute atomic E-state index is 11.1. The molecule has 0 rings (SSSR count). The van der Waals surface area contributed by atoms with Gasteiger partial charge in [-0.25, -0.2) is 20.4 Å². The van der Waals surface area contributed by atoms with E-state index in [1.54, 1.807) is 6.92 Å². The molecular weight excluding hydrogens is 200 g/mol. The Kier molecular flexibility index (Phi) is 6.19. The first kappa shape index (κ1) is 13.5. The Morgan fingerprint density at radius 2 is 1.93 bits per heavy atom. The lowest BCUT2D eigenvalue weighted by Crippen LogP contribution is -2.52. The second-order valence-electron chi connectivity index (χ2n) is 3.08. The van der Waals surface area contributed by atoms with Crippen LogP contribution in [0, 0.1) is 0 Å². The molecule has 0 aromatic carbocycles. The van der Waals surface area contributed by atoms with Crippen molar-refractivity contribution in [1.82, 2.24) is 21.1 Å². The van der Waals surface area contributed by atoms with Crippen LogP contribution in [0.4, 0.5) is 9.59 Å². The van der Waals surface area contributed by atoms with Crippen LogP contribution in [0.15, 0.2) is 0 Å². The van der Waals surface area contributed by atoms with E-state index < -0.39 is 12.1 Å². The van der Waals surface area contributed by atoms with E-state index in [-0.39, 0.29) is 12.8 Å². The van der Waals surface area contributed by atoms with Crippen LogP contribution in [-0.4, -0.2) is 43.9 Å². The van der Waals surface area contributed by atoms with Gasteiger partial charge >= 0.3 is 12.1 Å². The third-order valence-electron chi connectivity index (χ3n) is 1.67. The van der Waals surface area contributed by atoms with Crippen LogP contribution in [0.1, 0.15) is 13.8 Å². The minimum Gasteiger partial charge on any atom is -0.449 e. The van der Waals surface area contributed by atoms with Gasteiger partial charge in [-0.2, -0.15) is 0 Å². The van der Waals surface area contributed by atoms with Crippen LogP contribution in [0.2, 0.25) is 0 Å². The molecule has 0 fully saturated rings. The summed E-state index contributed by atoms with van der Waals surface area (Å²) in [5.74, 6) is 0. The molecule has 0 bridgehead atoms. The van der Waals surface area contributed by atoms with Gasteiger partial charge in [-0.05, 0) is 27.9 Å². The number of hydrogen-bond acceptors (Lipinski definition) is 4. The number of rotatable bonds is 3. The van der Waals surface area contributed by atoms with Crippen LogP contribution < -0.4 is 16.2 Å². The Morgan fingerprint density at radius 3 is 2.40 bits per heavy atom. The maximum atomic E-state index is 11.1. The third kappa shape index (κ3) is 6.55. The number of nitrogens with one attached hydrogen (secondary N) is 3. The molecule has 1 unspecified atom stereocenters. The highest BCUT2D eigenvalue weighted by molar-refractivity contribution is 5.77. The number of ether oxygens (including phenoxy) is 1. The Labute approximate surface area is 89.1 Å². The molecular formula is C8H18N4O3. The number of hydrazine groups is 1. The van der Waals surface area contributed by atoms with Crippen LogP contribution >= 0.6 is 0 Å². The van der Waals surface area contributed by atoms with E-state index in [1.807, 2.05) is 25.9 Å². The quantitative estimate of drug-likeness (QED) is 0.454. The number of carbonyl (C=O) groups excluding carboxylic acids is 2. The molecule has 3 amide bonds. The van der Waals surface area contributed by atoms with E-state index in [0.717, 1.165) is 0 Å². The highest BCUT2D eigenvalue weighted by Gasteiger charge is 2.09. The van der Waals surface area contributed by atoms with Crippen molar-refractivity contribution in [3.63, 3.8) is 0 Å². The minimum absolute atomic E-state index is 0.131. The zero-order valence-electron chi connectivity index (χ0n) is 9.46. The first-order chi connectivity index (χ1) is 6.97. The normalized spacial score (nSPS) is 11.8. The fourth-order valence-electron chi connectivity index (χ4n) is 0.630. The molecule has 0 aliphatic rings. The predicted molar refractivity (Wildman–Crippen MR) is 55.0 cm³/mol. The molecule has 0 aromatic rings. The zero-order valence-corrected chi connectivity index (χ0v) is 9.46. The van der Waals surface area contributed by atoms with Crippen molar-refractivity contribution < 1.29 is 14.3 Å². The van der Waals surface area contributed by atoms with Gasteiger partial charge in [0.2, 0.25) is 0 Å². The molecule has 88 valence electrons. The molecule has 15 heavy (non-hydrogen) atoms. The first-order valence-electron chi connectivity index (χ1n) is 4.63. The summed E-state index contributed by atoms with van der Waals surface area (Å²) >= 11 is 0. The topological polar surface area (TPSA) is 82.7 Å². The van der Waals surface area contributed by atoms with Crippen molar-refractivity contribution in [3.05, 3.63) is 0 Å². The second-order valence-corrected chi connectivity index (χ2v) is 3.08. The van der Waals surface area contributed by atoms with Gasteiger partial charge in [0, 0.05) is 0 Å². The molecule has 0 saturated carbocycles. The van der Waals surface area contributed by atoms with Gasteiger partial charge in [-0.1, -0.05) is 0 Å². The van der Waals surface area contributed by atoms with E-state index in [1.165, 1.54) is 0 Å². The van der Waals surface area contributed by atoms with E-state index in [4.69, 9.17) is 0 Å². The monoisotopic (exact) mass is 218 g/mol. The van der Waals surface area contributed by atoms with Crippen LogP contribution in [0.25, 0.3) is 0 Å². The highest BCUT2D eigenvalue weighted by Crippen LogP contribution is 1.84. The largest absolute Gasteiger partial charge is 0.449 e. The molecule has 0 radical (unpaired) electrons. The summed E-state index contributed by atoms with van der Waals surface area (Å²) in [6.07, 6.45) is -0.820. The van der Waals surface area contributed by atoms with Crippen LogP contribution in [0.5, 0.6) is 0 Å². The van der Waals surface area contributed by atoms with E-state index in [9.17, 15) is 9.59 Å². The molecule has 7 nitrogen and oxygen atoms in total. The molecule has 0 aromatic heterocycles. The lowest BCUT2D eigenvalue weighted by atomic mass is 10.5. The lowest BCUT2D eigenvalue weighted by molar-refractivity contribution is 0.146. The summed E-state index contributed by atoms with van der Waals surface area (Å²) in [6, 6.07) is -0.496. The van der Waals surface area contributed by atoms with Gasteiger partial charge in [0.25, 0.3) is 0 Å².